The van der Waals surface area contributed by atoms with Gasteiger partial charge >= 0.3 is 0 Å². The zero-order valence-electron chi connectivity index (χ0n) is 18.1. The van der Waals surface area contributed by atoms with Crippen molar-refractivity contribution in [2.45, 2.75) is 13.5 Å². The second kappa shape index (κ2) is 8.57. The van der Waals surface area contributed by atoms with Crippen LogP contribution in [0.3, 0.4) is 0 Å². The van der Waals surface area contributed by atoms with E-state index in [0.29, 0.717) is 5.56 Å². The van der Waals surface area contributed by atoms with Crippen LogP contribution in [0.25, 0.3) is 33.4 Å². The molecule has 1 fully saturated rings. The van der Waals surface area contributed by atoms with Crippen molar-refractivity contribution in [3.05, 3.63) is 77.5 Å². The number of nitrogens with zero attached hydrogens (tertiary/aromatic N) is 2. The fraction of sp³-hybridized carbons (Fsp3) is 0.231. The zero-order valence-corrected chi connectivity index (χ0v) is 18.1. The lowest BCUT2D eigenvalue weighted by molar-refractivity contribution is 0.0342. The normalized spacial score (nSPS) is 14.7. The number of aryl methyl sites for hydroxylation is 1. The van der Waals surface area contributed by atoms with Crippen molar-refractivity contribution in [3.8, 4) is 22.4 Å². The Morgan fingerprint density at radius 1 is 1.06 bits per heavy atom. The number of nitrogens with two attached hydrogens (primary N) is 1. The number of aromatic nitrogens is 2. The van der Waals surface area contributed by atoms with Gasteiger partial charge in [-0.25, -0.2) is 4.98 Å². The van der Waals surface area contributed by atoms with Crippen molar-refractivity contribution in [1.82, 2.24) is 14.9 Å². The molecule has 0 atom stereocenters. The number of nitrogens with one attached hydrogen (secondary N) is 1. The number of hydrogen-bond donors (Lipinski definition) is 2. The molecule has 4 aromatic rings. The molecular formula is C26H26N4O2. The molecule has 2 aromatic carbocycles. The quantitative estimate of drug-likeness (QED) is 0.502. The highest BCUT2D eigenvalue weighted by Crippen LogP contribution is 2.33. The highest BCUT2D eigenvalue weighted by molar-refractivity contribution is 5.97. The Bertz CT molecular complexity index is 1270. The molecule has 0 radical (unpaired) electrons. The standard InChI is InChI=1S/C26H26N4O2/c1-17-2-3-18(16-30-10-12-32-13-11-30)14-22(17)24-15-23-21(8-9-28-26(23)29-24)19-4-6-20(7-5-19)25(27)31/h2-9,14-15H,10-13,16H2,1H3,(H2,27,31)(H,28,29). The van der Waals surface area contributed by atoms with Gasteiger partial charge < -0.3 is 15.5 Å². The number of pyridine rings is 1. The number of fused-ring (bicyclic) bond motifs is 1. The highest BCUT2D eigenvalue weighted by Gasteiger charge is 2.14. The maximum atomic E-state index is 11.4. The summed E-state index contributed by atoms with van der Waals surface area (Å²) in [4.78, 5) is 21.9. The van der Waals surface area contributed by atoms with E-state index in [1.54, 1.807) is 12.1 Å². The monoisotopic (exact) mass is 426 g/mol. The molecule has 1 amide bonds. The van der Waals surface area contributed by atoms with Crippen LogP contribution in [0.15, 0.2) is 60.8 Å². The van der Waals surface area contributed by atoms with Crippen LogP contribution in [0.1, 0.15) is 21.5 Å². The number of morpholine rings is 1. The summed E-state index contributed by atoms with van der Waals surface area (Å²) in [6, 6.07) is 18.2. The summed E-state index contributed by atoms with van der Waals surface area (Å²) in [6.07, 6.45) is 1.81. The molecule has 32 heavy (non-hydrogen) atoms. The maximum absolute atomic E-state index is 11.4. The molecule has 0 aliphatic carbocycles. The van der Waals surface area contributed by atoms with Crippen molar-refractivity contribution in [2.24, 2.45) is 5.73 Å². The van der Waals surface area contributed by atoms with Crippen LogP contribution >= 0.6 is 0 Å². The predicted octanol–water partition coefficient (Wildman–Crippen LogP) is 4.14. The molecule has 0 saturated carbocycles. The molecule has 162 valence electrons. The number of carbonyl (C=O) groups is 1. The van der Waals surface area contributed by atoms with Gasteiger partial charge in [-0.15, -0.1) is 0 Å². The summed E-state index contributed by atoms with van der Waals surface area (Å²) in [5.74, 6) is -0.423. The second-order valence-electron chi connectivity index (χ2n) is 8.28. The third-order valence-electron chi connectivity index (χ3n) is 6.11. The number of carbonyl (C=O) groups excluding carboxylic acids is 1. The Balaban J connectivity index is 1.51. The van der Waals surface area contributed by atoms with E-state index in [-0.39, 0.29) is 0 Å². The fourth-order valence-corrected chi connectivity index (χ4v) is 4.31. The minimum atomic E-state index is -0.423. The van der Waals surface area contributed by atoms with Crippen LogP contribution in [0.4, 0.5) is 0 Å². The minimum Gasteiger partial charge on any atom is -0.379 e. The third-order valence-corrected chi connectivity index (χ3v) is 6.11. The summed E-state index contributed by atoms with van der Waals surface area (Å²) in [6.45, 7) is 6.60. The first-order valence-corrected chi connectivity index (χ1v) is 10.9. The summed E-state index contributed by atoms with van der Waals surface area (Å²) in [7, 11) is 0. The van der Waals surface area contributed by atoms with Gasteiger partial charge in [0.25, 0.3) is 0 Å². The lowest BCUT2D eigenvalue weighted by atomic mass is 10.00. The summed E-state index contributed by atoms with van der Waals surface area (Å²) in [5, 5.41) is 1.05. The summed E-state index contributed by atoms with van der Waals surface area (Å²) < 4.78 is 5.47. The Hall–Kier alpha value is -3.48. The average molecular weight is 427 g/mol. The highest BCUT2D eigenvalue weighted by atomic mass is 16.5. The van der Waals surface area contributed by atoms with Crippen molar-refractivity contribution in [2.75, 3.05) is 26.3 Å². The molecule has 2 aromatic heterocycles. The topological polar surface area (TPSA) is 84.2 Å². The van der Waals surface area contributed by atoms with Crippen molar-refractivity contribution in [3.63, 3.8) is 0 Å². The van der Waals surface area contributed by atoms with Crippen molar-refractivity contribution in [1.29, 1.82) is 0 Å². The van der Waals surface area contributed by atoms with Gasteiger partial charge in [0, 0.05) is 48.0 Å². The van der Waals surface area contributed by atoms with Gasteiger partial charge in [0.05, 0.1) is 13.2 Å². The first-order chi connectivity index (χ1) is 15.6. The smallest absolute Gasteiger partial charge is 0.248 e. The summed E-state index contributed by atoms with van der Waals surface area (Å²) >= 11 is 0. The number of amides is 1. The molecule has 0 bridgehead atoms. The molecule has 1 saturated heterocycles. The number of hydrogen-bond acceptors (Lipinski definition) is 4. The van der Waals surface area contributed by atoms with Gasteiger partial charge in [0.15, 0.2) is 0 Å². The number of aromatic amines is 1. The van der Waals surface area contributed by atoms with Crippen molar-refractivity contribution >= 4 is 16.9 Å². The van der Waals surface area contributed by atoms with Crippen LogP contribution in [-0.4, -0.2) is 47.1 Å². The van der Waals surface area contributed by atoms with E-state index >= 15 is 0 Å². The Morgan fingerprint density at radius 3 is 2.59 bits per heavy atom. The van der Waals surface area contributed by atoms with Crippen molar-refractivity contribution < 1.29 is 9.53 Å². The SMILES string of the molecule is Cc1ccc(CN2CCOCC2)cc1-c1cc2c(-c3ccc(C(N)=O)cc3)ccnc2[nH]1. The van der Waals surface area contributed by atoms with E-state index in [0.717, 1.165) is 60.7 Å². The van der Waals surface area contributed by atoms with E-state index in [4.69, 9.17) is 10.5 Å². The largest absolute Gasteiger partial charge is 0.379 e. The second-order valence-corrected chi connectivity index (χ2v) is 8.28. The maximum Gasteiger partial charge on any atom is 0.248 e. The first kappa shape index (κ1) is 20.4. The van der Waals surface area contributed by atoms with Gasteiger partial charge in [-0.1, -0.05) is 24.3 Å². The molecule has 0 spiro atoms. The Labute approximate surface area is 187 Å². The lowest BCUT2D eigenvalue weighted by Crippen LogP contribution is -2.35. The Morgan fingerprint density at radius 2 is 1.84 bits per heavy atom. The number of H-pyrrole nitrogens is 1. The molecular weight excluding hydrogens is 400 g/mol. The first-order valence-electron chi connectivity index (χ1n) is 10.9. The third kappa shape index (κ3) is 4.02. The fourth-order valence-electron chi connectivity index (χ4n) is 4.31. The zero-order chi connectivity index (χ0) is 22.1. The number of primary amides is 1. The van der Waals surface area contributed by atoms with Gasteiger partial charge in [-0.05, 0) is 59.5 Å². The van der Waals surface area contributed by atoms with Gasteiger partial charge in [-0.3, -0.25) is 9.69 Å². The predicted molar refractivity (Wildman–Crippen MR) is 126 cm³/mol. The number of ether oxygens (including phenoxy) is 1. The number of benzene rings is 2. The van der Waals surface area contributed by atoms with Gasteiger partial charge in [0.2, 0.25) is 5.91 Å². The van der Waals surface area contributed by atoms with Crippen LogP contribution in [0.5, 0.6) is 0 Å². The lowest BCUT2D eigenvalue weighted by Gasteiger charge is -2.26. The van der Waals surface area contributed by atoms with E-state index in [1.807, 2.05) is 24.4 Å². The van der Waals surface area contributed by atoms with Crippen LogP contribution in [0.2, 0.25) is 0 Å². The summed E-state index contributed by atoms with van der Waals surface area (Å²) in [5.41, 5.74) is 13.6. The van der Waals surface area contributed by atoms with Gasteiger partial charge in [0.1, 0.15) is 5.65 Å². The molecule has 3 heterocycles. The molecule has 0 unspecified atom stereocenters. The molecule has 6 nitrogen and oxygen atoms in total. The van der Waals surface area contributed by atoms with E-state index in [1.165, 1.54) is 16.7 Å². The molecule has 5 rings (SSSR count). The van der Waals surface area contributed by atoms with E-state index < -0.39 is 5.91 Å². The van der Waals surface area contributed by atoms with Crippen LogP contribution in [0, 0.1) is 6.92 Å². The molecule has 6 heteroatoms. The number of rotatable bonds is 5. The van der Waals surface area contributed by atoms with Gasteiger partial charge in [-0.2, -0.15) is 0 Å². The molecule has 1 aliphatic rings. The minimum absolute atomic E-state index is 0.423. The van der Waals surface area contributed by atoms with E-state index in [9.17, 15) is 4.79 Å². The van der Waals surface area contributed by atoms with Crippen LogP contribution < -0.4 is 5.73 Å². The molecule has 1 aliphatic heterocycles. The van der Waals surface area contributed by atoms with Crippen LogP contribution in [-0.2, 0) is 11.3 Å². The Kier molecular flexibility index (Phi) is 5.47. The van der Waals surface area contributed by atoms with E-state index in [2.05, 4.69) is 46.1 Å². The molecule has 3 N–H and O–H groups in total. The average Bonchev–Trinajstić information content (AvgIpc) is 3.25.